The molecule has 0 amide bonds. The first kappa shape index (κ1) is 19.2. The van der Waals surface area contributed by atoms with Gasteiger partial charge in [0.15, 0.2) is 0 Å². The monoisotopic (exact) mass is 370 g/mol. The van der Waals surface area contributed by atoms with E-state index < -0.39 is 10.0 Å². The molecule has 2 aliphatic rings. The lowest BCUT2D eigenvalue weighted by atomic mass is 10.2. The molecule has 8 heteroatoms. The SMILES string of the molecule is Cc1cc(C#N)ccc1S(=O)(=O)N1CCC(N2CCNCC2)C1.Cl. The second kappa shape index (κ2) is 7.81. The first-order valence-electron chi connectivity index (χ1n) is 7.98. The minimum absolute atomic E-state index is 0. The van der Waals surface area contributed by atoms with Crippen LogP contribution in [0.25, 0.3) is 0 Å². The van der Waals surface area contributed by atoms with Gasteiger partial charge in [-0.25, -0.2) is 8.42 Å². The lowest BCUT2D eigenvalue weighted by Gasteiger charge is -2.32. The number of nitriles is 1. The zero-order chi connectivity index (χ0) is 16.4. The molecule has 2 saturated heterocycles. The molecule has 1 N–H and O–H groups in total. The normalized spacial score (nSPS) is 22.8. The number of nitrogens with one attached hydrogen (secondary N) is 1. The van der Waals surface area contributed by atoms with Crippen LogP contribution in [0.4, 0.5) is 0 Å². The van der Waals surface area contributed by atoms with Crippen molar-refractivity contribution in [2.24, 2.45) is 0 Å². The number of sulfonamides is 1. The molecule has 0 bridgehead atoms. The number of hydrogen-bond acceptors (Lipinski definition) is 5. The fourth-order valence-corrected chi connectivity index (χ4v) is 5.12. The molecule has 0 radical (unpaired) electrons. The minimum Gasteiger partial charge on any atom is -0.314 e. The van der Waals surface area contributed by atoms with E-state index in [1.54, 1.807) is 29.4 Å². The van der Waals surface area contributed by atoms with Crippen molar-refractivity contribution in [1.82, 2.24) is 14.5 Å². The van der Waals surface area contributed by atoms with E-state index in [-0.39, 0.29) is 12.4 Å². The first-order valence-corrected chi connectivity index (χ1v) is 9.42. The van der Waals surface area contributed by atoms with Crippen molar-refractivity contribution in [1.29, 1.82) is 5.26 Å². The van der Waals surface area contributed by atoms with Crippen LogP contribution >= 0.6 is 12.4 Å². The molecular weight excluding hydrogens is 348 g/mol. The summed E-state index contributed by atoms with van der Waals surface area (Å²) in [6, 6.07) is 7.12. The van der Waals surface area contributed by atoms with Crippen LogP contribution in [0.3, 0.4) is 0 Å². The molecule has 24 heavy (non-hydrogen) atoms. The molecule has 0 saturated carbocycles. The van der Waals surface area contributed by atoms with Crippen molar-refractivity contribution in [3.63, 3.8) is 0 Å². The molecule has 1 atom stereocenters. The summed E-state index contributed by atoms with van der Waals surface area (Å²) < 4.78 is 27.4. The number of halogens is 1. The van der Waals surface area contributed by atoms with Crippen molar-refractivity contribution in [2.45, 2.75) is 24.3 Å². The maximum absolute atomic E-state index is 12.9. The van der Waals surface area contributed by atoms with Crippen LogP contribution in [0.5, 0.6) is 0 Å². The molecule has 1 aromatic carbocycles. The third kappa shape index (κ3) is 3.73. The Morgan fingerprint density at radius 1 is 1.25 bits per heavy atom. The van der Waals surface area contributed by atoms with Crippen LogP contribution in [-0.2, 0) is 10.0 Å². The quantitative estimate of drug-likeness (QED) is 0.857. The van der Waals surface area contributed by atoms with Gasteiger partial charge in [-0.2, -0.15) is 9.57 Å². The summed E-state index contributed by atoms with van der Waals surface area (Å²) in [5.74, 6) is 0. The second-order valence-corrected chi connectivity index (χ2v) is 8.09. The van der Waals surface area contributed by atoms with Gasteiger partial charge in [0, 0.05) is 45.3 Å². The largest absolute Gasteiger partial charge is 0.314 e. The smallest absolute Gasteiger partial charge is 0.243 e. The predicted octanol–water partition coefficient (Wildman–Crippen LogP) is 0.957. The Kier molecular flexibility index (Phi) is 6.23. The lowest BCUT2D eigenvalue weighted by molar-refractivity contribution is 0.179. The van der Waals surface area contributed by atoms with Gasteiger partial charge in [-0.3, -0.25) is 4.90 Å². The molecule has 0 spiro atoms. The Balaban J connectivity index is 0.00000208. The highest BCUT2D eigenvalue weighted by molar-refractivity contribution is 7.89. The van der Waals surface area contributed by atoms with Crippen LogP contribution in [0.2, 0.25) is 0 Å². The van der Waals surface area contributed by atoms with Crippen LogP contribution < -0.4 is 5.32 Å². The molecule has 0 aromatic heterocycles. The standard InChI is InChI=1S/C16H22N4O2S.ClH/c1-13-10-14(11-17)2-3-16(13)23(21,22)20-7-4-15(12-20)19-8-5-18-6-9-19;/h2-3,10,15,18H,4-9,12H2,1H3;1H. The lowest BCUT2D eigenvalue weighted by Crippen LogP contribution is -2.49. The number of aryl methyl sites for hydroxylation is 1. The predicted molar refractivity (Wildman–Crippen MR) is 94.7 cm³/mol. The van der Waals surface area contributed by atoms with Crippen molar-refractivity contribution >= 4 is 22.4 Å². The zero-order valence-electron chi connectivity index (χ0n) is 13.7. The van der Waals surface area contributed by atoms with E-state index in [2.05, 4.69) is 10.2 Å². The van der Waals surface area contributed by atoms with E-state index in [4.69, 9.17) is 5.26 Å². The number of piperazine rings is 1. The Hall–Kier alpha value is -1.17. The van der Waals surface area contributed by atoms with Crippen LogP contribution in [0.15, 0.2) is 23.1 Å². The highest BCUT2D eigenvalue weighted by Gasteiger charge is 2.36. The highest BCUT2D eigenvalue weighted by atomic mass is 35.5. The summed E-state index contributed by atoms with van der Waals surface area (Å²) in [5, 5.41) is 12.2. The molecule has 6 nitrogen and oxygen atoms in total. The van der Waals surface area contributed by atoms with Gasteiger partial charge in [0.05, 0.1) is 16.5 Å². The molecule has 132 valence electrons. The number of rotatable bonds is 3. The number of benzene rings is 1. The summed E-state index contributed by atoms with van der Waals surface area (Å²) in [6.07, 6.45) is 0.883. The molecule has 3 rings (SSSR count). The first-order chi connectivity index (χ1) is 11.0. The minimum atomic E-state index is -3.48. The van der Waals surface area contributed by atoms with Crippen LogP contribution in [-0.4, -0.2) is 62.9 Å². The Morgan fingerprint density at radius 3 is 2.58 bits per heavy atom. The van der Waals surface area contributed by atoms with E-state index in [0.29, 0.717) is 35.2 Å². The maximum atomic E-state index is 12.9. The van der Waals surface area contributed by atoms with Gasteiger partial charge in [0.1, 0.15) is 0 Å². The average Bonchev–Trinajstić information content (AvgIpc) is 3.06. The molecule has 0 aliphatic carbocycles. The molecule has 2 heterocycles. The van der Waals surface area contributed by atoms with Gasteiger partial charge < -0.3 is 5.32 Å². The van der Waals surface area contributed by atoms with Crippen molar-refractivity contribution in [2.75, 3.05) is 39.3 Å². The molecule has 2 fully saturated rings. The fraction of sp³-hybridized carbons (Fsp3) is 0.562. The molecule has 2 aliphatic heterocycles. The summed E-state index contributed by atoms with van der Waals surface area (Å²) in [5.41, 5.74) is 1.12. The molecular formula is C16H23ClN4O2S. The summed E-state index contributed by atoms with van der Waals surface area (Å²) in [6.45, 7) is 6.77. The highest BCUT2D eigenvalue weighted by Crippen LogP contribution is 2.26. The van der Waals surface area contributed by atoms with Crippen LogP contribution in [0, 0.1) is 18.3 Å². The average molecular weight is 371 g/mol. The maximum Gasteiger partial charge on any atom is 0.243 e. The Bertz CT molecular complexity index is 726. The fourth-order valence-electron chi connectivity index (χ4n) is 3.42. The van der Waals surface area contributed by atoms with Gasteiger partial charge in [-0.05, 0) is 37.1 Å². The summed E-state index contributed by atoms with van der Waals surface area (Å²) >= 11 is 0. The summed E-state index contributed by atoms with van der Waals surface area (Å²) in [4.78, 5) is 2.70. The second-order valence-electron chi connectivity index (χ2n) is 6.18. The third-order valence-corrected chi connectivity index (χ3v) is 6.74. The van der Waals surface area contributed by atoms with Crippen LogP contribution in [0.1, 0.15) is 17.5 Å². The van der Waals surface area contributed by atoms with E-state index in [1.165, 1.54) is 0 Å². The van der Waals surface area contributed by atoms with E-state index >= 15 is 0 Å². The third-order valence-electron chi connectivity index (χ3n) is 4.72. The topological polar surface area (TPSA) is 76.4 Å². The van der Waals surface area contributed by atoms with Crippen molar-refractivity contribution in [3.05, 3.63) is 29.3 Å². The Morgan fingerprint density at radius 2 is 1.96 bits per heavy atom. The van der Waals surface area contributed by atoms with Crippen molar-refractivity contribution in [3.8, 4) is 6.07 Å². The molecule has 1 unspecified atom stereocenters. The van der Waals surface area contributed by atoms with Gasteiger partial charge in [0.25, 0.3) is 0 Å². The number of hydrogen-bond donors (Lipinski definition) is 1. The van der Waals surface area contributed by atoms with Gasteiger partial charge in [0.2, 0.25) is 10.0 Å². The Labute approximate surface area is 149 Å². The summed E-state index contributed by atoms with van der Waals surface area (Å²) in [7, 11) is -3.48. The van der Waals surface area contributed by atoms with E-state index in [1.807, 2.05) is 6.07 Å². The van der Waals surface area contributed by atoms with Crippen molar-refractivity contribution < 1.29 is 8.42 Å². The van der Waals surface area contributed by atoms with E-state index in [9.17, 15) is 8.42 Å². The van der Waals surface area contributed by atoms with E-state index in [0.717, 1.165) is 32.6 Å². The van der Waals surface area contributed by atoms with Gasteiger partial charge >= 0.3 is 0 Å². The molecule has 1 aromatic rings. The van der Waals surface area contributed by atoms with Gasteiger partial charge in [-0.1, -0.05) is 0 Å². The number of nitrogens with zero attached hydrogens (tertiary/aromatic N) is 3. The zero-order valence-corrected chi connectivity index (χ0v) is 15.4. The van der Waals surface area contributed by atoms with Gasteiger partial charge in [-0.15, -0.1) is 12.4 Å².